The average Bonchev–Trinajstić information content (AvgIpc) is 3.96. The van der Waals surface area contributed by atoms with Gasteiger partial charge in [-0.25, -0.2) is 0 Å². The number of benzene rings is 4. The largest absolute Gasteiger partial charge is 4.00 e. The summed E-state index contributed by atoms with van der Waals surface area (Å²) < 4.78 is 0. The number of allylic oxidation sites excluding steroid dienone is 2. The molecule has 4 aromatic carbocycles. The first-order chi connectivity index (χ1) is 30.4. The molecule has 4 aliphatic rings. The normalized spacial score (nSPS) is 23.2. The fourth-order valence-corrected chi connectivity index (χ4v) is 11.1. The van der Waals surface area contributed by atoms with E-state index in [4.69, 9.17) is 7.98 Å². The summed E-state index contributed by atoms with van der Waals surface area (Å²) in [5.41, 5.74) is 5.66. The monoisotopic (exact) mass is 996 g/mol. The average molecular weight is 998 g/mol. The molecule has 0 N–H and O–H groups in total. The van der Waals surface area contributed by atoms with E-state index in [2.05, 4.69) is 178 Å². The van der Waals surface area contributed by atoms with Crippen LogP contribution in [0.15, 0.2) is 133 Å². The zero-order valence-electron chi connectivity index (χ0n) is 46.1. The van der Waals surface area contributed by atoms with Gasteiger partial charge in [0.2, 0.25) is 0 Å². The Morgan fingerprint density at radius 2 is 0.765 bits per heavy atom. The van der Waals surface area contributed by atoms with Gasteiger partial charge in [-0.2, -0.15) is 0 Å². The SMILES string of the molecule is C(=Cc1ccccc1)/C=C/c1ccccc1.CC(C)C1CC2CCCC(c3ccccc3)C2C1.CC(C)C1CC2CCCC(c3ccccc3)C2C1.CCC.[B]N(C(C)C)C(C)C.[CH3-].[CH3-].[CH3-].[CH3-].[Zr+4]. The number of rotatable bonds is 9. The van der Waals surface area contributed by atoms with Crippen LogP contribution in [0.3, 0.4) is 0 Å². The van der Waals surface area contributed by atoms with E-state index >= 15 is 0 Å². The van der Waals surface area contributed by atoms with E-state index in [-0.39, 0.29) is 55.9 Å². The van der Waals surface area contributed by atoms with E-state index in [1.165, 1.54) is 81.8 Å². The Morgan fingerprint density at radius 3 is 1.03 bits per heavy atom. The van der Waals surface area contributed by atoms with Crippen molar-refractivity contribution in [3.8, 4) is 0 Å². The molecule has 1 nitrogen and oxygen atoms in total. The summed E-state index contributed by atoms with van der Waals surface area (Å²) in [6.07, 6.45) is 24.3. The van der Waals surface area contributed by atoms with E-state index in [0.717, 1.165) is 59.2 Å². The van der Waals surface area contributed by atoms with Gasteiger partial charge in [0.1, 0.15) is 0 Å². The minimum Gasteiger partial charge on any atom is -0.358 e. The Bertz CT molecular complexity index is 1670. The van der Waals surface area contributed by atoms with Crippen LogP contribution in [0.5, 0.6) is 0 Å². The van der Waals surface area contributed by atoms with Gasteiger partial charge in [0.05, 0.1) is 0 Å². The second-order valence-corrected chi connectivity index (χ2v) is 20.6. The standard InChI is InChI=1S/2C18H26.C16H14.C6H14BN.C3H8.4CH3.Zr/c2*1-13(2)16-11-15-9-6-10-17(18(15)12-16)14-7-4-3-5-8-14;1-3-9-15(10-4-1)13-7-8-14-16-11-5-2-6-12-16;1-5(2)8(7)6(3)4;1-3-2;;;;;/h2*3-5,7-8,13,15-18H,6,9-12H2,1-2H3;1-14H;5-6H,1-4H3;3H2,1-2H3;4*1H3;/q;;;;;4*-1;+4/b;;13-7+,14-8?;;;;;;;. The molecular weight excluding hydrogens is 897 g/mol. The first-order valence-corrected chi connectivity index (χ1v) is 25.5. The van der Waals surface area contributed by atoms with Gasteiger partial charge in [-0.3, -0.25) is 0 Å². The molecule has 8 unspecified atom stereocenters. The third-order valence-corrected chi connectivity index (χ3v) is 14.6. The molecule has 0 saturated heterocycles. The Hall–Kier alpha value is -2.73. The van der Waals surface area contributed by atoms with Crippen molar-refractivity contribution in [1.82, 2.24) is 4.81 Å². The van der Waals surface area contributed by atoms with Crippen molar-refractivity contribution in [3.63, 3.8) is 0 Å². The fourth-order valence-electron chi connectivity index (χ4n) is 11.1. The van der Waals surface area contributed by atoms with Gasteiger partial charge in [0, 0.05) is 0 Å². The van der Waals surface area contributed by atoms with Crippen LogP contribution in [0.25, 0.3) is 12.2 Å². The second-order valence-electron chi connectivity index (χ2n) is 20.6. The van der Waals surface area contributed by atoms with Crippen LogP contribution in [0, 0.1) is 77.0 Å². The Labute approximate surface area is 444 Å². The Balaban J connectivity index is 0. The summed E-state index contributed by atoms with van der Waals surface area (Å²) in [6, 6.07) is 44.1. The van der Waals surface area contributed by atoms with Crippen molar-refractivity contribution < 1.29 is 26.2 Å². The molecule has 8 rings (SSSR count). The molecule has 4 aliphatic carbocycles. The third kappa shape index (κ3) is 22.6. The summed E-state index contributed by atoms with van der Waals surface area (Å²) in [4.78, 5) is 1.83. The van der Waals surface area contributed by atoms with Crippen molar-refractivity contribution >= 4 is 20.1 Å². The molecule has 68 heavy (non-hydrogen) atoms. The number of fused-ring (bicyclic) bond motifs is 2. The second kappa shape index (κ2) is 37.1. The maximum atomic E-state index is 5.59. The van der Waals surface area contributed by atoms with Crippen LogP contribution in [0.4, 0.5) is 0 Å². The first-order valence-electron chi connectivity index (χ1n) is 25.5. The predicted octanol–water partition coefficient (Wildman–Crippen LogP) is 19.3. The van der Waals surface area contributed by atoms with Crippen LogP contribution < -0.4 is 0 Å². The van der Waals surface area contributed by atoms with E-state index in [1.807, 2.05) is 41.2 Å². The van der Waals surface area contributed by atoms with Gasteiger partial charge in [0.25, 0.3) is 0 Å². The van der Waals surface area contributed by atoms with E-state index in [1.54, 1.807) is 11.1 Å². The third-order valence-electron chi connectivity index (χ3n) is 14.6. The molecule has 4 aromatic rings. The van der Waals surface area contributed by atoms with Gasteiger partial charge >= 0.3 is 26.2 Å². The van der Waals surface area contributed by atoms with Gasteiger partial charge in [-0.1, -0.05) is 247 Å². The van der Waals surface area contributed by atoms with Crippen LogP contribution in [0.1, 0.15) is 174 Å². The van der Waals surface area contributed by atoms with Crippen molar-refractivity contribution in [3.05, 3.63) is 185 Å². The van der Waals surface area contributed by atoms with Gasteiger partial charge in [-0.15, -0.1) is 0 Å². The molecule has 372 valence electrons. The Kier molecular flexibility index (Phi) is 36.7. The van der Waals surface area contributed by atoms with Crippen LogP contribution in [-0.4, -0.2) is 24.9 Å². The summed E-state index contributed by atoms with van der Waals surface area (Å²) in [5.74, 6) is 9.46. The zero-order valence-corrected chi connectivity index (χ0v) is 48.5. The molecule has 4 saturated carbocycles. The molecule has 0 aliphatic heterocycles. The van der Waals surface area contributed by atoms with Crippen molar-refractivity contribution in [2.45, 2.75) is 164 Å². The molecule has 0 spiro atoms. The van der Waals surface area contributed by atoms with Gasteiger partial charge < -0.3 is 34.5 Å². The minimum absolute atomic E-state index is 0. The molecule has 0 bridgehead atoms. The number of hydrogen-bond acceptors (Lipinski definition) is 1. The van der Waals surface area contributed by atoms with E-state index in [0.29, 0.717) is 12.1 Å². The molecule has 3 heteroatoms. The Morgan fingerprint density at radius 1 is 0.471 bits per heavy atom. The molecule has 4 fully saturated rings. The zero-order chi connectivity index (χ0) is 45.6. The molecule has 0 amide bonds. The molecule has 0 heterocycles. The predicted molar refractivity (Wildman–Crippen MR) is 306 cm³/mol. The minimum atomic E-state index is 0. The van der Waals surface area contributed by atoms with Gasteiger partial charge in [-0.05, 0) is 132 Å². The summed E-state index contributed by atoms with van der Waals surface area (Å²) >= 11 is 0. The molecular formula is C65H100BNZr. The van der Waals surface area contributed by atoms with E-state index in [9.17, 15) is 0 Å². The molecule has 8 atom stereocenters. The summed E-state index contributed by atoms with van der Waals surface area (Å²) in [6.45, 7) is 22.2. The quantitative estimate of drug-likeness (QED) is 0.0918. The van der Waals surface area contributed by atoms with Crippen LogP contribution >= 0.6 is 0 Å². The maximum absolute atomic E-state index is 5.59. The van der Waals surface area contributed by atoms with Gasteiger partial charge in [0.15, 0.2) is 7.98 Å². The van der Waals surface area contributed by atoms with Crippen LogP contribution in [-0.2, 0) is 26.2 Å². The van der Waals surface area contributed by atoms with Crippen molar-refractivity contribution in [2.75, 3.05) is 0 Å². The maximum Gasteiger partial charge on any atom is 4.00 e. The topological polar surface area (TPSA) is 3.24 Å². The first kappa shape index (κ1) is 67.3. The van der Waals surface area contributed by atoms with Crippen LogP contribution in [0.2, 0.25) is 0 Å². The fraction of sp³-hybridized carbons (Fsp3) is 0.508. The van der Waals surface area contributed by atoms with Crippen molar-refractivity contribution in [1.29, 1.82) is 0 Å². The van der Waals surface area contributed by atoms with Crippen molar-refractivity contribution in [2.24, 2.45) is 47.3 Å². The smallest absolute Gasteiger partial charge is 0.358 e. The molecule has 0 aromatic heterocycles. The number of nitrogens with zero attached hydrogens (tertiary/aromatic N) is 1. The summed E-state index contributed by atoms with van der Waals surface area (Å²) in [7, 11) is 5.59. The molecule has 2 radical (unpaired) electrons. The van der Waals surface area contributed by atoms with E-state index < -0.39 is 0 Å². The number of hydrogen-bond donors (Lipinski definition) is 0. The summed E-state index contributed by atoms with van der Waals surface area (Å²) in [5, 5.41) is 0.